The van der Waals surface area contributed by atoms with Crippen LogP contribution < -0.4 is 16.4 Å². The number of carbonyl (C=O) groups is 1. The van der Waals surface area contributed by atoms with Gasteiger partial charge in [-0.1, -0.05) is 18.2 Å². The minimum atomic E-state index is -0.615. The lowest BCUT2D eigenvalue weighted by Gasteiger charge is -2.41. The minimum Gasteiger partial charge on any atom is -0.376 e. The molecule has 1 aromatic rings. The quantitative estimate of drug-likeness (QED) is 0.682. The zero-order chi connectivity index (χ0) is 21.6. The average molecular weight is 452 g/mol. The van der Waals surface area contributed by atoms with Crippen molar-refractivity contribution in [2.24, 2.45) is 16.9 Å². The molecule has 4 atom stereocenters. The summed E-state index contributed by atoms with van der Waals surface area (Å²) in [6.45, 7) is 6.04. The number of nitrogens with two attached hydrogens (primary N) is 2. The second-order valence-corrected chi connectivity index (χ2v) is 9.42. The Morgan fingerprint density at radius 2 is 2.00 bits per heavy atom. The fourth-order valence-electron chi connectivity index (χ4n) is 4.70. The summed E-state index contributed by atoms with van der Waals surface area (Å²) in [5, 5.41) is -0.881. The topological polar surface area (TPSA) is 107 Å². The lowest BCUT2D eigenvalue weighted by atomic mass is 9.73. The van der Waals surface area contributed by atoms with Crippen LogP contribution in [0.5, 0.6) is 0 Å². The molecular formula is C21H27Cl2N5O2. The van der Waals surface area contributed by atoms with Crippen LogP contribution in [0.1, 0.15) is 41.5 Å². The van der Waals surface area contributed by atoms with Gasteiger partial charge in [0.1, 0.15) is 5.69 Å². The van der Waals surface area contributed by atoms with Crippen LogP contribution in [0.3, 0.4) is 0 Å². The molecule has 1 spiro atoms. The van der Waals surface area contributed by atoms with Gasteiger partial charge in [-0.3, -0.25) is 4.79 Å². The highest BCUT2D eigenvalue weighted by Crippen LogP contribution is 2.42. The van der Waals surface area contributed by atoms with Crippen molar-refractivity contribution in [1.29, 1.82) is 0 Å². The normalized spacial score (nSPS) is 30.6. The van der Waals surface area contributed by atoms with Gasteiger partial charge < -0.3 is 21.1 Å². The zero-order valence-electron chi connectivity index (χ0n) is 17.1. The van der Waals surface area contributed by atoms with Gasteiger partial charge in [-0.15, -0.1) is 23.2 Å². The van der Waals surface area contributed by atoms with Crippen molar-refractivity contribution in [2.75, 3.05) is 24.6 Å². The Balaban J connectivity index is 1.63. The molecule has 0 aromatic carbocycles. The van der Waals surface area contributed by atoms with Crippen molar-refractivity contribution >= 4 is 40.6 Å². The highest BCUT2D eigenvalue weighted by atomic mass is 35.5. The van der Waals surface area contributed by atoms with Gasteiger partial charge in [0.2, 0.25) is 5.95 Å². The van der Waals surface area contributed by atoms with Crippen LogP contribution in [-0.4, -0.2) is 58.5 Å². The van der Waals surface area contributed by atoms with E-state index in [-0.39, 0.29) is 28.6 Å². The molecular weight excluding hydrogens is 425 g/mol. The van der Waals surface area contributed by atoms with Crippen molar-refractivity contribution in [3.05, 3.63) is 35.2 Å². The van der Waals surface area contributed by atoms with Gasteiger partial charge in [-0.25, -0.2) is 9.97 Å². The maximum atomic E-state index is 12.3. The average Bonchev–Trinajstić information content (AvgIpc) is 2.99. The first-order valence-electron chi connectivity index (χ1n) is 10.2. The largest absolute Gasteiger partial charge is 0.376 e. The fourth-order valence-corrected chi connectivity index (χ4v) is 5.18. The molecule has 1 aromatic heterocycles. The van der Waals surface area contributed by atoms with E-state index in [4.69, 9.17) is 44.4 Å². The third kappa shape index (κ3) is 3.62. The first-order chi connectivity index (χ1) is 14.2. The number of piperidine rings is 1. The van der Waals surface area contributed by atoms with Gasteiger partial charge in [-0.05, 0) is 32.3 Å². The van der Waals surface area contributed by atoms with Crippen LogP contribution in [0.4, 0.5) is 5.95 Å². The first kappa shape index (κ1) is 21.6. The number of aryl methyl sites for hydroxylation is 1. The van der Waals surface area contributed by atoms with E-state index in [1.165, 1.54) is 0 Å². The minimum absolute atomic E-state index is 0.00211. The number of alkyl halides is 2. The fraction of sp³-hybridized carbons (Fsp3) is 0.571. The lowest BCUT2D eigenvalue weighted by Crippen LogP contribution is -2.51. The van der Waals surface area contributed by atoms with Crippen LogP contribution in [0.2, 0.25) is 0 Å². The molecule has 2 saturated heterocycles. The maximum Gasteiger partial charge on any atom is 0.268 e. The molecule has 3 heterocycles. The predicted octanol–water partition coefficient (Wildman–Crippen LogP) is 2.38. The number of rotatable bonds is 3. The summed E-state index contributed by atoms with van der Waals surface area (Å²) < 4.78 is 5.80. The van der Waals surface area contributed by atoms with Crippen molar-refractivity contribution in [1.82, 2.24) is 9.97 Å². The summed E-state index contributed by atoms with van der Waals surface area (Å²) in [6.07, 6.45) is 7.32. The van der Waals surface area contributed by atoms with Crippen LogP contribution in [0.25, 0.3) is 5.57 Å². The number of allylic oxidation sites excluding steroid dienone is 4. The number of hydrogen-bond acceptors (Lipinski definition) is 6. The molecule has 4 rings (SSSR count). The number of primary amides is 1. The summed E-state index contributed by atoms with van der Waals surface area (Å²) in [6, 6.07) is 0.0290. The van der Waals surface area contributed by atoms with Gasteiger partial charge in [-0.2, -0.15) is 0 Å². The van der Waals surface area contributed by atoms with Crippen molar-refractivity contribution in [3.8, 4) is 0 Å². The molecule has 3 aliphatic rings. The third-order valence-electron chi connectivity index (χ3n) is 6.64. The molecule has 7 nitrogen and oxygen atoms in total. The maximum absolute atomic E-state index is 12.3. The van der Waals surface area contributed by atoms with Crippen molar-refractivity contribution in [2.45, 2.75) is 49.6 Å². The zero-order valence-corrected chi connectivity index (χ0v) is 18.7. The molecule has 4 N–H and O–H groups in total. The van der Waals surface area contributed by atoms with E-state index in [0.29, 0.717) is 29.4 Å². The van der Waals surface area contributed by atoms with Gasteiger partial charge in [0.05, 0.1) is 29.2 Å². The number of halogens is 2. The van der Waals surface area contributed by atoms with E-state index in [1.807, 2.05) is 26.0 Å². The number of anilines is 1. The van der Waals surface area contributed by atoms with Crippen LogP contribution >= 0.6 is 23.2 Å². The molecule has 0 bridgehead atoms. The van der Waals surface area contributed by atoms with Gasteiger partial charge in [0.25, 0.3) is 5.91 Å². The van der Waals surface area contributed by atoms with E-state index < -0.39 is 11.3 Å². The van der Waals surface area contributed by atoms with Gasteiger partial charge >= 0.3 is 0 Å². The van der Waals surface area contributed by atoms with Crippen molar-refractivity contribution < 1.29 is 9.53 Å². The molecule has 30 heavy (non-hydrogen) atoms. The molecule has 9 heteroatoms. The monoisotopic (exact) mass is 451 g/mol. The number of hydrogen-bond donors (Lipinski definition) is 2. The summed E-state index contributed by atoms with van der Waals surface area (Å²) in [5.74, 6) is -0.114. The molecule has 2 aliphatic heterocycles. The lowest BCUT2D eigenvalue weighted by molar-refractivity contribution is 0.0973. The Kier molecular flexibility index (Phi) is 5.83. The number of amides is 1. The van der Waals surface area contributed by atoms with E-state index >= 15 is 0 Å². The first-order valence-corrected chi connectivity index (χ1v) is 11.1. The summed E-state index contributed by atoms with van der Waals surface area (Å²) in [7, 11) is 0. The predicted molar refractivity (Wildman–Crippen MR) is 119 cm³/mol. The number of carbonyl (C=O) groups excluding carboxylic acids is 1. The standard InChI is InChI=1S/C21H27Cl2N5O2/c1-11-15(13-4-3-5-14(22)16(13)23)17(19(25)29)27-20(26-11)28-8-6-21(7-9-28)10-30-12(2)18(21)24/h3-5,12,14,16,18H,6-10,24H2,1-2H3,(H2,25,29)/t12-,14-,16+,18+/m0/s1. The summed E-state index contributed by atoms with van der Waals surface area (Å²) in [4.78, 5) is 23.6. The molecule has 2 fully saturated rings. The molecule has 0 unspecified atom stereocenters. The second kappa shape index (κ2) is 8.11. The molecule has 162 valence electrons. The Labute approximate surface area is 186 Å². The van der Waals surface area contributed by atoms with Crippen LogP contribution in [-0.2, 0) is 4.74 Å². The van der Waals surface area contributed by atoms with E-state index in [1.54, 1.807) is 6.08 Å². The molecule has 0 radical (unpaired) electrons. The Bertz CT molecular complexity index is 911. The number of aromatic nitrogens is 2. The number of nitrogens with zero attached hydrogens (tertiary/aromatic N) is 3. The van der Waals surface area contributed by atoms with Crippen molar-refractivity contribution in [3.63, 3.8) is 0 Å². The molecule has 0 saturated carbocycles. The van der Waals surface area contributed by atoms with E-state index in [2.05, 4.69) is 9.88 Å². The Morgan fingerprint density at radius 1 is 1.30 bits per heavy atom. The second-order valence-electron chi connectivity index (χ2n) is 8.44. The summed E-state index contributed by atoms with van der Waals surface area (Å²) in [5.41, 5.74) is 14.2. The van der Waals surface area contributed by atoms with Crippen LogP contribution in [0.15, 0.2) is 18.2 Å². The highest BCUT2D eigenvalue weighted by molar-refractivity contribution is 6.35. The highest BCUT2D eigenvalue weighted by Gasteiger charge is 2.47. The van der Waals surface area contributed by atoms with Gasteiger partial charge in [0, 0.05) is 30.1 Å². The van der Waals surface area contributed by atoms with E-state index in [9.17, 15) is 4.79 Å². The van der Waals surface area contributed by atoms with Crippen LogP contribution in [0, 0.1) is 12.3 Å². The van der Waals surface area contributed by atoms with Gasteiger partial charge in [0.15, 0.2) is 0 Å². The molecule has 1 amide bonds. The Morgan fingerprint density at radius 3 is 2.60 bits per heavy atom. The third-order valence-corrected chi connectivity index (χ3v) is 7.67. The van der Waals surface area contributed by atoms with E-state index in [0.717, 1.165) is 25.9 Å². The SMILES string of the molecule is Cc1nc(N2CCC3(CC2)CO[C@@H](C)[C@H]3N)nc(C(N)=O)c1C1=CC=C[C@H](Cl)[C@@H]1Cl. The Hall–Kier alpha value is -1.67. The number of ether oxygens (including phenoxy) is 1. The summed E-state index contributed by atoms with van der Waals surface area (Å²) >= 11 is 12.8. The smallest absolute Gasteiger partial charge is 0.268 e. The molecule has 1 aliphatic carbocycles.